The van der Waals surface area contributed by atoms with E-state index < -0.39 is 0 Å². The number of hydrogen-bond donors (Lipinski definition) is 1. The molecular formula is C16H25NO2S. The second kappa shape index (κ2) is 8.42. The van der Waals surface area contributed by atoms with Crippen LogP contribution >= 0.6 is 11.8 Å². The zero-order chi connectivity index (χ0) is 14.2. The SMILES string of the molecule is COc1cc(CCCCN)ccc1OC1CCSCC1. The van der Waals surface area contributed by atoms with Crippen LogP contribution in [0.25, 0.3) is 0 Å². The van der Waals surface area contributed by atoms with Crippen molar-refractivity contribution < 1.29 is 9.47 Å². The third-order valence-electron chi connectivity index (χ3n) is 3.61. The second-order valence-corrected chi connectivity index (χ2v) is 6.39. The second-order valence-electron chi connectivity index (χ2n) is 5.16. The molecule has 1 aliphatic rings. The van der Waals surface area contributed by atoms with Crippen molar-refractivity contribution in [2.24, 2.45) is 5.73 Å². The van der Waals surface area contributed by atoms with Crippen LogP contribution in [0.3, 0.4) is 0 Å². The van der Waals surface area contributed by atoms with Crippen LogP contribution in [0.1, 0.15) is 31.2 Å². The third-order valence-corrected chi connectivity index (χ3v) is 4.66. The van der Waals surface area contributed by atoms with E-state index in [0.717, 1.165) is 50.1 Å². The number of nitrogens with two attached hydrogens (primary N) is 1. The van der Waals surface area contributed by atoms with E-state index >= 15 is 0 Å². The first-order chi connectivity index (χ1) is 9.83. The molecule has 2 N–H and O–H groups in total. The summed E-state index contributed by atoms with van der Waals surface area (Å²) >= 11 is 2.01. The molecule has 1 aromatic rings. The number of benzene rings is 1. The lowest BCUT2D eigenvalue weighted by Gasteiger charge is -2.24. The summed E-state index contributed by atoms with van der Waals surface area (Å²) in [6.45, 7) is 0.762. The van der Waals surface area contributed by atoms with Gasteiger partial charge in [-0.05, 0) is 67.9 Å². The molecule has 1 fully saturated rings. The van der Waals surface area contributed by atoms with Gasteiger partial charge in [0.15, 0.2) is 11.5 Å². The number of rotatable bonds is 7. The smallest absolute Gasteiger partial charge is 0.161 e. The standard InChI is InChI=1S/C16H25NO2S/c1-18-16-12-13(4-2-3-9-17)5-6-15(16)19-14-7-10-20-11-8-14/h5-6,12,14H,2-4,7-11,17H2,1H3. The fourth-order valence-electron chi connectivity index (χ4n) is 2.41. The van der Waals surface area contributed by atoms with Gasteiger partial charge < -0.3 is 15.2 Å². The molecule has 0 unspecified atom stereocenters. The summed E-state index contributed by atoms with van der Waals surface area (Å²) in [4.78, 5) is 0. The van der Waals surface area contributed by atoms with E-state index in [4.69, 9.17) is 15.2 Å². The maximum atomic E-state index is 6.10. The molecule has 20 heavy (non-hydrogen) atoms. The first kappa shape index (κ1) is 15.5. The van der Waals surface area contributed by atoms with Gasteiger partial charge >= 0.3 is 0 Å². The van der Waals surface area contributed by atoms with Crippen LogP contribution in [0, 0.1) is 0 Å². The van der Waals surface area contributed by atoms with Gasteiger partial charge in [0, 0.05) is 0 Å². The van der Waals surface area contributed by atoms with Gasteiger partial charge in [-0.1, -0.05) is 6.07 Å². The number of aryl methyl sites for hydroxylation is 1. The van der Waals surface area contributed by atoms with Gasteiger partial charge in [-0.3, -0.25) is 0 Å². The molecule has 0 spiro atoms. The van der Waals surface area contributed by atoms with E-state index in [9.17, 15) is 0 Å². The van der Waals surface area contributed by atoms with Crippen molar-refractivity contribution in [3.05, 3.63) is 23.8 Å². The van der Waals surface area contributed by atoms with Gasteiger partial charge in [-0.25, -0.2) is 0 Å². The zero-order valence-electron chi connectivity index (χ0n) is 12.3. The van der Waals surface area contributed by atoms with E-state index in [2.05, 4.69) is 18.2 Å². The van der Waals surface area contributed by atoms with Crippen molar-refractivity contribution in [2.75, 3.05) is 25.2 Å². The summed E-state index contributed by atoms with van der Waals surface area (Å²) in [6, 6.07) is 6.30. The Kier molecular flexibility index (Phi) is 6.54. The molecule has 0 amide bonds. The monoisotopic (exact) mass is 295 g/mol. The van der Waals surface area contributed by atoms with Crippen LogP contribution in [0.2, 0.25) is 0 Å². The van der Waals surface area contributed by atoms with Crippen LogP contribution in [-0.2, 0) is 6.42 Å². The quantitative estimate of drug-likeness (QED) is 0.784. The third kappa shape index (κ3) is 4.60. The van der Waals surface area contributed by atoms with Gasteiger partial charge in [0.1, 0.15) is 6.10 Å². The van der Waals surface area contributed by atoms with Crippen molar-refractivity contribution in [3.63, 3.8) is 0 Å². The minimum Gasteiger partial charge on any atom is -0.493 e. The van der Waals surface area contributed by atoms with Crippen molar-refractivity contribution in [3.8, 4) is 11.5 Å². The molecule has 0 radical (unpaired) electrons. The van der Waals surface area contributed by atoms with Crippen LogP contribution in [0.5, 0.6) is 11.5 Å². The molecule has 112 valence electrons. The summed E-state index contributed by atoms with van der Waals surface area (Å²) in [7, 11) is 1.71. The molecule has 0 aromatic heterocycles. The first-order valence-corrected chi connectivity index (χ1v) is 8.60. The molecule has 2 rings (SSSR count). The normalized spacial score (nSPS) is 16.1. The molecule has 0 bridgehead atoms. The van der Waals surface area contributed by atoms with E-state index in [-0.39, 0.29) is 0 Å². The summed E-state index contributed by atoms with van der Waals surface area (Å²) in [5.41, 5.74) is 6.82. The maximum Gasteiger partial charge on any atom is 0.161 e. The Morgan fingerprint density at radius 2 is 2.00 bits per heavy atom. The summed E-state index contributed by atoms with van der Waals surface area (Å²) < 4.78 is 11.6. The van der Waals surface area contributed by atoms with Crippen molar-refractivity contribution in [1.29, 1.82) is 0 Å². The maximum absolute atomic E-state index is 6.10. The molecule has 1 heterocycles. The lowest BCUT2D eigenvalue weighted by atomic mass is 10.1. The van der Waals surface area contributed by atoms with Crippen LogP contribution in [0.4, 0.5) is 0 Å². The average Bonchev–Trinajstić information content (AvgIpc) is 2.50. The average molecular weight is 295 g/mol. The Morgan fingerprint density at radius 1 is 1.20 bits per heavy atom. The van der Waals surface area contributed by atoms with Crippen molar-refractivity contribution in [2.45, 2.75) is 38.2 Å². The molecule has 1 saturated heterocycles. The molecule has 0 aliphatic carbocycles. The number of ether oxygens (including phenoxy) is 2. The van der Waals surface area contributed by atoms with Crippen LogP contribution < -0.4 is 15.2 Å². The highest BCUT2D eigenvalue weighted by Gasteiger charge is 2.17. The fraction of sp³-hybridized carbons (Fsp3) is 0.625. The summed E-state index contributed by atoms with van der Waals surface area (Å²) in [6.07, 6.45) is 5.85. The van der Waals surface area contributed by atoms with Gasteiger partial charge in [0.25, 0.3) is 0 Å². The number of hydrogen-bond acceptors (Lipinski definition) is 4. The highest BCUT2D eigenvalue weighted by atomic mass is 32.2. The summed E-state index contributed by atoms with van der Waals surface area (Å²) in [5.74, 6) is 4.13. The fourth-order valence-corrected chi connectivity index (χ4v) is 3.47. The topological polar surface area (TPSA) is 44.5 Å². The molecule has 0 saturated carbocycles. The van der Waals surface area contributed by atoms with Crippen molar-refractivity contribution in [1.82, 2.24) is 0 Å². The minimum atomic E-state index is 0.341. The predicted molar refractivity (Wildman–Crippen MR) is 86.0 cm³/mol. The molecule has 0 atom stereocenters. The number of methoxy groups -OCH3 is 1. The first-order valence-electron chi connectivity index (χ1n) is 7.45. The van der Waals surface area contributed by atoms with E-state index in [1.807, 2.05) is 11.8 Å². The highest BCUT2D eigenvalue weighted by Crippen LogP contribution is 2.31. The Morgan fingerprint density at radius 3 is 2.70 bits per heavy atom. The summed E-state index contributed by atoms with van der Waals surface area (Å²) in [5, 5.41) is 0. The molecule has 1 aromatic carbocycles. The van der Waals surface area contributed by atoms with E-state index in [1.165, 1.54) is 17.1 Å². The van der Waals surface area contributed by atoms with E-state index in [1.54, 1.807) is 7.11 Å². The molecule has 4 heteroatoms. The van der Waals surface area contributed by atoms with Gasteiger partial charge in [-0.2, -0.15) is 11.8 Å². The Hall–Kier alpha value is -0.870. The highest BCUT2D eigenvalue weighted by molar-refractivity contribution is 7.99. The largest absolute Gasteiger partial charge is 0.493 e. The predicted octanol–water partition coefficient (Wildman–Crippen LogP) is 3.25. The Balaban J connectivity index is 1.97. The number of thioether (sulfide) groups is 1. The number of unbranched alkanes of at least 4 members (excludes halogenated alkanes) is 1. The lowest BCUT2D eigenvalue weighted by molar-refractivity contribution is 0.184. The molecule has 3 nitrogen and oxygen atoms in total. The van der Waals surface area contributed by atoms with Gasteiger partial charge in [0.2, 0.25) is 0 Å². The van der Waals surface area contributed by atoms with E-state index in [0.29, 0.717) is 6.10 Å². The zero-order valence-corrected chi connectivity index (χ0v) is 13.1. The minimum absolute atomic E-state index is 0.341. The van der Waals surface area contributed by atoms with Gasteiger partial charge in [0.05, 0.1) is 7.11 Å². The molecular weight excluding hydrogens is 270 g/mol. The van der Waals surface area contributed by atoms with Crippen molar-refractivity contribution >= 4 is 11.8 Å². The lowest BCUT2D eigenvalue weighted by Crippen LogP contribution is -2.22. The Labute approximate surface area is 126 Å². The van der Waals surface area contributed by atoms with Gasteiger partial charge in [-0.15, -0.1) is 0 Å². The van der Waals surface area contributed by atoms with Crippen LogP contribution in [0.15, 0.2) is 18.2 Å². The molecule has 1 aliphatic heterocycles. The Bertz CT molecular complexity index is 405. The van der Waals surface area contributed by atoms with Crippen LogP contribution in [-0.4, -0.2) is 31.3 Å².